The fourth-order valence-electron chi connectivity index (χ4n) is 2.12. The van der Waals surface area contributed by atoms with Crippen LogP contribution in [0.15, 0.2) is 42.5 Å². The SMILES string of the molecule is CC=C(O[Si](C)(C)C)c1ccc2cc(OC)ccc2c1. The van der Waals surface area contributed by atoms with Crippen molar-refractivity contribution in [3.63, 3.8) is 0 Å². The van der Waals surface area contributed by atoms with Gasteiger partial charge in [0.05, 0.1) is 7.11 Å². The second-order valence-electron chi connectivity index (χ2n) is 5.80. The molecule has 0 spiro atoms. The van der Waals surface area contributed by atoms with Gasteiger partial charge in [-0.1, -0.05) is 18.2 Å². The van der Waals surface area contributed by atoms with Crippen LogP contribution in [0.5, 0.6) is 5.75 Å². The van der Waals surface area contributed by atoms with E-state index in [9.17, 15) is 0 Å². The molecule has 2 aromatic rings. The molecule has 0 aliphatic rings. The maximum atomic E-state index is 6.14. The van der Waals surface area contributed by atoms with Gasteiger partial charge in [-0.3, -0.25) is 0 Å². The zero-order valence-electron chi connectivity index (χ0n) is 12.9. The molecule has 0 N–H and O–H groups in total. The van der Waals surface area contributed by atoms with Crippen LogP contribution >= 0.6 is 0 Å². The van der Waals surface area contributed by atoms with Gasteiger partial charge in [0, 0.05) is 5.56 Å². The molecule has 0 fully saturated rings. The molecule has 0 aromatic heterocycles. The third-order valence-corrected chi connectivity index (χ3v) is 3.84. The van der Waals surface area contributed by atoms with Crippen LogP contribution in [0, 0.1) is 0 Å². The summed E-state index contributed by atoms with van der Waals surface area (Å²) in [6.07, 6.45) is 2.04. The molecule has 2 rings (SSSR count). The van der Waals surface area contributed by atoms with Crippen molar-refractivity contribution in [1.29, 1.82) is 0 Å². The Morgan fingerprint density at radius 3 is 2.25 bits per heavy atom. The molecule has 2 aromatic carbocycles. The number of rotatable bonds is 4. The number of hydrogen-bond acceptors (Lipinski definition) is 2. The molecule has 0 unspecified atom stereocenters. The first kappa shape index (κ1) is 14.7. The summed E-state index contributed by atoms with van der Waals surface area (Å²) in [5.41, 5.74) is 1.13. The highest BCUT2D eigenvalue weighted by Crippen LogP contribution is 2.27. The van der Waals surface area contributed by atoms with Crippen LogP contribution in [-0.4, -0.2) is 15.4 Å². The molecule has 0 radical (unpaired) electrons. The van der Waals surface area contributed by atoms with E-state index >= 15 is 0 Å². The zero-order chi connectivity index (χ0) is 14.8. The number of ether oxygens (including phenoxy) is 1. The Morgan fingerprint density at radius 1 is 1.00 bits per heavy atom. The van der Waals surface area contributed by atoms with Crippen molar-refractivity contribution in [2.24, 2.45) is 0 Å². The van der Waals surface area contributed by atoms with Gasteiger partial charge in [0.2, 0.25) is 8.32 Å². The third-order valence-electron chi connectivity index (χ3n) is 3.01. The van der Waals surface area contributed by atoms with Crippen molar-refractivity contribution in [3.05, 3.63) is 48.0 Å². The number of fused-ring (bicyclic) bond motifs is 1. The standard InChI is InChI=1S/C17H22O2Si/c1-6-17(19-20(3,4)5)15-8-7-14-12-16(18-2)10-9-13(14)11-15/h6-12H,1-5H3. The summed E-state index contributed by atoms with van der Waals surface area (Å²) in [6.45, 7) is 8.61. The zero-order valence-corrected chi connectivity index (χ0v) is 13.9. The van der Waals surface area contributed by atoms with Crippen molar-refractivity contribution in [2.45, 2.75) is 26.6 Å². The topological polar surface area (TPSA) is 18.5 Å². The van der Waals surface area contributed by atoms with Crippen LogP contribution in [0.2, 0.25) is 19.6 Å². The molecule has 0 saturated carbocycles. The Morgan fingerprint density at radius 2 is 1.65 bits per heavy atom. The van der Waals surface area contributed by atoms with Crippen molar-refractivity contribution >= 4 is 24.8 Å². The van der Waals surface area contributed by atoms with Gasteiger partial charge in [-0.2, -0.15) is 0 Å². The summed E-state index contributed by atoms with van der Waals surface area (Å²) in [5, 5.41) is 2.37. The third kappa shape index (κ3) is 3.42. The first-order chi connectivity index (χ1) is 9.43. The largest absolute Gasteiger partial charge is 0.544 e. The molecule has 0 aliphatic carbocycles. The van der Waals surface area contributed by atoms with Gasteiger partial charge in [0.25, 0.3) is 0 Å². The van der Waals surface area contributed by atoms with E-state index in [1.165, 1.54) is 10.8 Å². The quantitative estimate of drug-likeness (QED) is 0.577. The lowest BCUT2D eigenvalue weighted by atomic mass is 10.1. The van der Waals surface area contributed by atoms with Gasteiger partial charge < -0.3 is 9.16 Å². The maximum absolute atomic E-state index is 6.14. The van der Waals surface area contributed by atoms with Crippen LogP contribution in [-0.2, 0) is 4.43 Å². The van der Waals surface area contributed by atoms with E-state index in [2.05, 4.69) is 43.9 Å². The second-order valence-corrected chi connectivity index (χ2v) is 10.2. The van der Waals surface area contributed by atoms with Crippen molar-refractivity contribution < 1.29 is 9.16 Å². The van der Waals surface area contributed by atoms with E-state index in [1.807, 2.05) is 25.1 Å². The minimum absolute atomic E-state index is 0.884. The van der Waals surface area contributed by atoms with E-state index in [4.69, 9.17) is 9.16 Å². The van der Waals surface area contributed by atoms with E-state index in [1.54, 1.807) is 7.11 Å². The normalized spacial score (nSPS) is 12.6. The van der Waals surface area contributed by atoms with Crippen LogP contribution < -0.4 is 4.74 Å². The van der Waals surface area contributed by atoms with Gasteiger partial charge in [0.1, 0.15) is 11.5 Å². The fourth-order valence-corrected chi connectivity index (χ4v) is 3.01. The molecular weight excluding hydrogens is 264 g/mol. The Kier molecular flexibility index (Phi) is 4.19. The summed E-state index contributed by atoms with van der Waals surface area (Å²) < 4.78 is 11.4. The number of allylic oxidation sites excluding steroid dienone is 1. The Labute approximate surface area is 122 Å². The molecular formula is C17H22O2Si. The molecule has 106 valence electrons. The second kappa shape index (κ2) is 5.71. The first-order valence-corrected chi connectivity index (χ1v) is 10.3. The average molecular weight is 286 g/mol. The average Bonchev–Trinajstić information content (AvgIpc) is 2.42. The smallest absolute Gasteiger partial charge is 0.242 e. The molecule has 0 heterocycles. The van der Waals surface area contributed by atoms with Crippen molar-refractivity contribution in [3.8, 4) is 5.75 Å². The van der Waals surface area contributed by atoms with E-state index in [-0.39, 0.29) is 0 Å². The molecule has 0 saturated heterocycles. The minimum atomic E-state index is -1.59. The lowest BCUT2D eigenvalue weighted by Gasteiger charge is -2.22. The monoisotopic (exact) mass is 286 g/mol. The van der Waals surface area contributed by atoms with Gasteiger partial charge in [-0.05, 0) is 61.6 Å². The Hall–Kier alpha value is -1.74. The molecule has 20 heavy (non-hydrogen) atoms. The van der Waals surface area contributed by atoms with Crippen molar-refractivity contribution in [2.75, 3.05) is 7.11 Å². The van der Waals surface area contributed by atoms with Gasteiger partial charge >= 0.3 is 0 Å². The van der Waals surface area contributed by atoms with Crippen LogP contribution in [0.4, 0.5) is 0 Å². The van der Waals surface area contributed by atoms with Crippen LogP contribution in [0.25, 0.3) is 16.5 Å². The Bertz CT molecular complexity index is 639. The first-order valence-electron chi connectivity index (χ1n) is 6.86. The Balaban J connectivity index is 2.40. The summed E-state index contributed by atoms with van der Waals surface area (Å²) in [5.74, 6) is 1.86. The summed E-state index contributed by atoms with van der Waals surface area (Å²) in [4.78, 5) is 0. The predicted octanol–water partition coefficient (Wildman–Crippen LogP) is 5.06. The van der Waals surface area contributed by atoms with Crippen LogP contribution in [0.3, 0.4) is 0 Å². The molecule has 0 bridgehead atoms. The number of methoxy groups -OCH3 is 1. The lowest BCUT2D eigenvalue weighted by molar-refractivity contribution is 0.415. The van der Waals surface area contributed by atoms with E-state index in [0.717, 1.165) is 17.1 Å². The predicted molar refractivity (Wildman–Crippen MR) is 88.6 cm³/mol. The van der Waals surface area contributed by atoms with E-state index in [0.29, 0.717) is 0 Å². The highest BCUT2D eigenvalue weighted by Gasteiger charge is 2.18. The summed E-state index contributed by atoms with van der Waals surface area (Å²) in [7, 11) is 0.0952. The summed E-state index contributed by atoms with van der Waals surface area (Å²) in [6, 6.07) is 12.5. The van der Waals surface area contributed by atoms with E-state index < -0.39 is 8.32 Å². The van der Waals surface area contributed by atoms with Gasteiger partial charge in [0.15, 0.2) is 0 Å². The highest BCUT2D eigenvalue weighted by atomic mass is 28.4. The maximum Gasteiger partial charge on any atom is 0.242 e. The molecule has 2 nitrogen and oxygen atoms in total. The van der Waals surface area contributed by atoms with Gasteiger partial charge in [-0.25, -0.2) is 0 Å². The number of benzene rings is 2. The molecule has 3 heteroatoms. The number of hydrogen-bond donors (Lipinski definition) is 0. The molecule has 0 amide bonds. The lowest BCUT2D eigenvalue weighted by Crippen LogP contribution is -2.24. The fraction of sp³-hybridized carbons (Fsp3) is 0.294. The summed E-state index contributed by atoms with van der Waals surface area (Å²) >= 11 is 0. The van der Waals surface area contributed by atoms with Gasteiger partial charge in [-0.15, -0.1) is 0 Å². The van der Waals surface area contributed by atoms with Crippen LogP contribution in [0.1, 0.15) is 12.5 Å². The molecule has 0 aliphatic heterocycles. The minimum Gasteiger partial charge on any atom is -0.544 e. The van der Waals surface area contributed by atoms with Crippen molar-refractivity contribution in [1.82, 2.24) is 0 Å². The highest BCUT2D eigenvalue weighted by molar-refractivity contribution is 6.70. The molecule has 0 atom stereocenters.